The van der Waals surface area contributed by atoms with Crippen molar-refractivity contribution in [3.63, 3.8) is 0 Å². The van der Waals surface area contributed by atoms with Crippen LogP contribution in [-0.4, -0.2) is 49.2 Å². The molecule has 0 radical (unpaired) electrons. The molecule has 2 aliphatic heterocycles. The van der Waals surface area contributed by atoms with E-state index in [2.05, 4.69) is 15.5 Å². The van der Waals surface area contributed by atoms with Gasteiger partial charge in [0.25, 0.3) is 0 Å². The molecule has 2 aliphatic rings. The van der Waals surface area contributed by atoms with Crippen molar-refractivity contribution >= 4 is 0 Å². The molecule has 0 aliphatic carbocycles. The predicted octanol–water partition coefficient (Wildman–Crippen LogP) is 0.494. The van der Waals surface area contributed by atoms with Crippen molar-refractivity contribution in [2.75, 3.05) is 32.9 Å². The Labute approximate surface area is 106 Å². The van der Waals surface area contributed by atoms with Crippen LogP contribution in [0.4, 0.5) is 0 Å². The third-order valence-electron chi connectivity index (χ3n) is 3.42. The van der Waals surface area contributed by atoms with Crippen LogP contribution in [0.25, 0.3) is 0 Å². The summed E-state index contributed by atoms with van der Waals surface area (Å²) in [6, 6.07) is 0. The van der Waals surface area contributed by atoms with Gasteiger partial charge in [-0.1, -0.05) is 5.16 Å². The summed E-state index contributed by atoms with van der Waals surface area (Å²) in [6.45, 7) is 4.08. The number of aromatic nitrogens is 2. The molecular formula is C12H19N3O3. The molecule has 1 aromatic heterocycles. The van der Waals surface area contributed by atoms with Crippen molar-refractivity contribution in [1.29, 1.82) is 0 Å². The lowest BCUT2D eigenvalue weighted by Gasteiger charge is -2.22. The molecule has 2 atom stereocenters. The molecule has 2 unspecified atom stereocenters. The van der Waals surface area contributed by atoms with E-state index >= 15 is 0 Å². The van der Waals surface area contributed by atoms with Gasteiger partial charge in [-0.2, -0.15) is 4.98 Å². The second kappa shape index (κ2) is 5.77. The van der Waals surface area contributed by atoms with E-state index in [1.165, 1.54) is 0 Å². The highest BCUT2D eigenvalue weighted by Gasteiger charge is 2.23. The Morgan fingerprint density at radius 3 is 3.11 bits per heavy atom. The summed E-state index contributed by atoms with van der Waals surface area (Å²) in [5.41, 5.74) is 0. The minimum absolute atomic E-state index is 0.148. The number of hydrogen-bond donors (Lipinski definition) is 1. The van der Waals surface area contributed by atoms with Crippen LogP contribution in [0, 0.1) is 0 Å². The van der Waals surface area contributed by atoms with Crippen LogP contribution in [0.5, 0.6) is 0 Å². The van der Waals surface area contributed by atoms with Crippen LogP contribution in [-0.2, 0) is 15.9 Å². The van der Waals surface area contributed by atoms with Gasteiger partial charge in [-0.05, 0) is 12.8 Å². The Morgan fingerprint density at radius 2 is 2.33 bits per heavy atom. The van der Waals surface area contributed by atoms with E-state index in [-0.39, 0.29) is 6.10 Å². The lowest BCUT2D eigenvalue weighted by molar-refractivity contribution is 0.0246. The van der Waals surface area contributed by atoms with Crippen molar-refractivity contribution in [2.24, 2.45) is 0 Å². The Morgan fingerprint density at radius 1 is 1.33 bits per heavy atom. The van der Waals surface area contributed by atoms with Crippen molar-refractivity contribution in [2.45, 2.75) is 31.3 Å². The maximum atomic E-state index is 5.62. The van der Waals surface area contributed by atoms with E-state index in [1.54, 1.807) is 0 Å². The lowest BCUT2D eigenvalue weighted by Crippen LogP contribution is -2.39. The van der Waals surface area contributed by atoms with Gasteiger partial charge in [-0.3, -0.25) is 0 Å². The van der Waals surface area contributed by atoms with Crippen LogP contribution in [0.1, 0.15) is 30.5 Å². The highest BCUT2D eigenvalue weighted by atomic mass is 16.5. The zero-order chi connectivity index (χ0) is 12.2. The maximum absolute atomic E-state index is 5.62. The van der Waals surface area contributed by atoms with E-state index in [4.69, 9.17) is 14.0 Å². The molecule has 1 aromatic rings. The molecule has 1 N–H and O–H groups in total. The average molecular weight is 253 g/mol. The van der Waals surface area contributed by atoms with E-state index in [1.807, 2.05) is 0 Å². The highest BCUT2D eigenvalue weighted by Crippen LogP contribution is 2.23. The molecular weight excluding hydrogens is 234 g/mol. The average Bonchev–Trinajstić information content (AvgIpc) is 2.89. The third-order valence-corrected chi connectivity index (χ3v) is 3.42. The van der Waals surface area contributed by atoms with E-state index in [0.717, 1.165) is 45.0 Å². The zero-order valence-electron chi connectivity index (χ0n) is 10.4. The van der Waals surface area contributed by atoms with Crippen LogP contribution in [0.2, 0.25) is 0 Å². The number of ether oxygens (including phenoxy) is 2. The van der Waals surface area contributed by atoms with Gasteiger partial charge in [0, 0.05) is 25.6 Å². The molecule has 6 heteroatoms. The Bertz CT molecular complexity index is 370. The van der Waals surface area contributed by atoms with Crippen LogP contribution in [0.3, 0.4) is 0 Å². The molecule has 2 saturated heterocycles. The van der Waals surface area contributed by atoms with Crippen LogP contribution < -0.4 is 5.32 Å². The van der Waals surface area contributed by atoms with Crippen LogP contribution in [0.15, 0.2) is 4.52 Å². The predicted molar refractivity (Wildman–Crippen MR) is 63.4 cm³/mol. The van der Waals surface area contributed by atoms with Gasteiger partial charge in [0.15, 0.2) is 5.82 Å². The van der Waals surface area contributed by atoms with Gasteiger partial charge < -0.3 is 19.3 Å². The largest absolute Gasteiger partial charge is 0.381 e. The second-order valence-corrected chi connectivity index (χ2v) is 4.86. The number of nitrogens with zero attached hydrogens (tertiary/aromatic N) is 2. The van der Waals surface area contributed by atoms with Crippen molar-refractivity contribution in [3.05, 3.63) is 11.7 Å². The first-order valence-corrected chi connectivity index (χ1v) is 6.64. The molecule has 6 nitrogen and oxygen atoms in total. The highest BCUT2D eigenvalue weighted by molar-refractivity contribution is 4.97. The molecule has 0 bridgehead atoms. The molecule has 3 rings (SSSR count). The summed E-state index contributed by atoms with van der Waals surface area (Å²) in [6.07, 6.45) is 2.99. The molecule has 0 saturated carbocycles. The Balaban J connectivity index is 1.58. The van der Waals surface area contributed by atoms with Crippen LogP contribution >= 0.6 is 0 Å². The van der Waals surface area contributed by atoms with E-state index in [9.17, 15) is 0 Å². The van der Waals surface area contributed by atoms with Gasteiger partial charge in [-0.15, -0.1) is 0 Å². The lowest BCUT2D eigenvalue weighted by atomic mass is 10.0. The summed E-state index contributed by atoms with van der Waals surface area (Å²) in [5, 5.41) is 7.35. The number of nitrogens with one attached hydrogen (secondary N) is 1. The number of morpholine rings is 1. The minimum Gasteiger partial charge on any atom is -0.381 e. The summed E-state index contributed by atoms with van der Waals surface area (Å²) in [7, 11) is 0. The first-order valence-electron chi connectivity index (χ1n) is 6.64. The summed E-state index contributed by atoms with van der Waals surface area (Å²) in [4.78, 5) is 4.46. The Hall–Kier alpha value is -0.980. The van der Waals surface area contributed by atoms with Gasteiger partial charge in [0.05, 0.1) is 25.7 Å². The smallest absolute Gasteiger partial charge is 0.229 e. The molecule has 0 aromatic carbocycles. The second-order valence-electron chi connectivity index (χ2n) is 4.86. The summed E-state index contributed by atoms with van der Waals surface area (Å²) in [5.74, 6) is 1.75. The van der Waals surface area contributed by atoms with Gasteiger partial charge in [-0.25, -0.2) is 0 Å². The monoisotopic (exact) mass is 253 g/mol. The molecule has 100 valence electrons. The number of hydrogen-bond acceptors (Lipinski definition) is 6. The van der Waals surface area contributed by atoms with Gasteiger partial charge in [0.1, 0.15) is 0 Å². The minimum atomic E-state index is 0.148. The van der Waals surface area contributed by atoms with Crippen molar-refractivity contribution in [1.82, 2.24) is 15.5 Å². The summed E-state index contributed by atoms with van der Waals surface area (Å²) < 4.78 is 16.4. The first kappa shape index (κ1) is 12.1. The molecule has 0 spiro atoms. The maximum Gasteiger partial charge on any atom is 0.229 e. The SMILES string of the molecule is C1COCC(c2noc(CC3CNCCO3)n2)C1. The zero-order valence-corrected chi connectivity index (χ0v) is 10.4. The topological polar surface area (TPSA) is 69.4 Å². The fourth-order valence-corrected chi connectivity index (χ4v) is 2.41. The fourth-order valence-electron chi connectivity index (χ4n) is 2.41. The quantitative estimate of drug-likeness (QED) is 0.845. The molecule has 3 heterocycles. The summed E-state index contributed by atoms with van der Waals surface area (Å²) >= 11 is 0. The molecule has 2 fully saturated rings. The van der Waals surface area contributed by atoms with E-state index < -0.39 is 0 Å². The molecule has 18 heavy (non-hydrogen) atoms. The third kappa shape index (κ3) is 2.88. The first-order chi connectivity index (χ1) is 8.92. The number of rotatable bonds is 3. The van der Waals surface area contributed by atoms with Crippen molar-refractivity contribution < 1.29 is 14.0 Å². The normalized spacial score (nSPS) is 29.3. The fraction of sp³-hybridized carbons (Fsp3) is 0.833. The van der Waals surface area contributed by atoms with Gasteiger partial charge >= 0.3 is 0 Å². The van der Waals surface area contributed by atoms with E-state index in [0.29, 0.717) is 24.8 Å². The standard InChI is InChI=1S/C12H19N3O3/c1-2-9(8-16-4-1)12-14-11(18-15-12)6-10-7-13-3-5-17-10/h9-10,13H,1-8H2. The molecule has 0 amide bonds. The van der Waals surface area contributed by atoms with Crippen molar-refractivity contribution in [3.8, 4) is 0 Å². The van der Waals surface area contributed by atoms with Gasteiger partial charge in [0.2, 0.25) is 5.89 Å². The Kier molecular flexibility index (Phi) is 3.87.